The molecule has 1 amide bonds. The van der Waals surface area contributed by atoms with E-state index in [1.165, 1.54) is 5.56 Å². The van der Waals surface area contributed by atoms with Gasteiger partial charge in [-0.3, -0.25) is 9.79 Å². The van der Waals surface area contributed by atoms with Crippen molar-refractivity contribution in [1.29, 1.82) is 0 Å². The van der Waals surface area contributed by atoms with Crippen molar-refractivity contribution < 1.29 is 9.53 Å². The van der Waals surface area contributed by atoms with Crippen molar-refractivity contribution in [2.45, 2.75) is 19.8 Å². The number of nitrogens with zero attached hydrogens (tertiary/aromatic N) is 2. The summed E-state index contributed by atoms with van der Waals surface area (Å²) < 4.78 is 5.68. The van der Waals surface area contributed by atoms with Gasteiger partial charge in [-0.05, 0) is 41.8 Å². The fraction of sp³-hybridized carbons (Fsp3) is 0.300. The van der Waals surface area contributed by atoms with Gasteiger partial charge in [0, 0.05) is 24.0 Å². The second kappa shape index (κ2) is 7.38. The van der Waals surface area contributed by atoms with E-state index in [9.17, 15) is 4.79 Å². The Hall–Kier alpha value is -2.82. The van der Waals surface area contributed by atoms with Gasteiger partial charge in [-0.15, -0.1) is 0 Å². The first kappa shape index (κ1) is 17.0. The van der Waals surface area contributed by atoms with Crippen LogP contribution in [0.3, 0.4) is 0 Å². The predicted molar refractivity (Wildman–Crippen MR) is 102 cm³/mol. The van der Waals surface area contributed by atoms with E-state index in [0.717, 1.165) is 11.3 Å². The highest BCUT2D eigenvalue weighted by Gasteiger charge is 2.20. The first-order valence-electron chi connectivity index (χ1n) is 8.47. The Morgan fingerprint density at radius 3 is 2.72 bits per heavy atom. The second-order valence-electron chi connectivity index (χ2n) is 6.41. The van der Waals surface area contributed by atoms with Crippen LogP contribution in [0.5, 0.6) is 5.75 Å². The molecule has 3 rings (SSSR count). The van der Waals surface area contributed by atoms with Gasteiger partial charge in [0.15, 0.2) is 6.61 Å². The van der Waals surface area contributed by atoms with Crippen LogP contribution in [0.15, 0.2) is 47.5 Å². The number of benzene rings is 2. The molecule has 5 nitrogen and oxygen atoms in total. The molecule has 0 aromatic heterocycles. The number of nitrogen functional groups attached to an aromatic ring is 1. The SMILES string of the molecule is CC(C)c1ccc(OCC(=O)N2CCN=Cc3cc(N)ccc32)cc1. The Labute approximate surface area is 148 Å². The molecule has 0 radical (unpaired) electrons. The van der Waals surface area contributed by atoms with Crippen LogP contribution in [0.1, 0.15) is 30.9 Å². The van der Waals surface area contributed by atoms with Crippen LogP contribution in [-0.2, 0) is 4.79 Å². The van der Waals surface area contributed by atoms with Crippen molar-refractivity contribution >= 4 is 23.5 Å². The van der Waals surface area contributed by atoms with Gasteiger partial charge in [0.25, 0.3) is 5.91 Å². The molecule has 0 unspecified atom stereocenters. The third-order valence-electron chi connectivity index (χ3n) is 4.24. The summed E-state index contributed by atoms with van der Waals surface area (Å²) >= 11 is 0. The zero-order valence-electron chi connectivity index (χ0n) is 14.6. The van der Waals surface area contributed by atoms with Crippen LogP contribution in [0.2, 0.25) is 0 Å². The van der Waals surface area contributed by atoms with Crippen LogP contribution < -0.4 is 15.4 Å². The number of hydrogen-bond acceptors (Lipinski definition) is 4. The van der Waals surface area contributed by atoms with Gasteiger partial charge in [0.05, 0.1) is 12.2 Å². The monoisotopic (exact) mass is 337 g/mol. The highest BCUT2D eigenvalue weighted by Crippen LogP contribution is 2.24. The topological polar surface area (TPSA) is 67.9 Å². The molecule has 0 aliphatic carbocycles. The number of benzodiazepines with no additional fused rings is 1. The van der Waals surface area contributed by atoms with E-state index in [2.05, 4.69) is 18.8 Å². The number of anilines is 2. The molecule has 5 heteroatoms. The molecule has 0 saturated heterocycles. The number of aliphatic imine (C=N–C) groups is 1. The largest absolute Gasteiger partial charge is 0.484 e. The molecule has 1 heterocycles. The van der Waals surface area contributed by atoms with E-state index < -0.39 is 0 Å². The first-order chi connectivity index (χ1) is 12.0. The summed E-state index contributed by atoms with van der Waals surface area (Å²) in [6.45, 7) is 5.37. The van der Waals surface area contributed by atoms with Gasteiger partial charge >= 0.3 is 0 Å². The third kappa shape index (κ3) is 3.99. The molecule has 0 atom stereocenters. The maximum atomic E-state index is 12.7. The predicted octanol–water partition coefficient (Wildman–Crippen LogP) is 3.24. The van der Waals surface area contributed by atoms with Gasteiger partial charge < -0.3 is 15.4 Å². The quantitative estimate of drug-likeness (QED) is 0.871. The standard InChI is InChI=1S/C20H23N3O2/c1-14(2)15-3-6-18(7-4-15)25-13-20(24)23-10-9-22-12-16-11-17(21)5-8-19(16)23/h3-8,11-12,14H,9-10,13,21H2,1-2H3. The van der Waals surface area contributed by atoms with Crippen molar-refractivity contribution in [3.63, 3.8) is 0 Å². The maximum Gasteiger partial charge on any atom is 0.264 e. The van der Waals surface area contributed by atoms with Gasteiger partial charge in [0.2, 0.25) is 0 Å². The number of hydrogen-bond donors (Lipinski definition) is 1. The smallest absolute Gasteiger partial charge is 0.264 e. The minimum Gasteiger partial charge on any atom is -0.484 e. The normalized spacial score (nSPS) is 13.5. The summed E-state index contributed by atoms with van der Waals surface area (Å²) in [6.07, 6.45) is 1.77. The Morgan fingerprint density at radius 1 is 1.24 bits per heavy atom. The lowest BCUT2D eigenvalue weighted by atomic mass is 10.0. The lowest BCUT2D eigenvalue weighted by Crippen LogP contribution is -2.36. The minimum absolute atomic E-state index is 0.00909. The summed E-state index contributed by atoms with van der Waals surface area (Å²) in [4.78, 5) is 18.7. The number of carbonyl (C=O) groups is 1. The Kier molecular flexibility index (Phi) is 5.03. The number of fused-ring (bicyclic) bond motifs is 1. The lowest BCUT2D eigenvalue weighted by molar-refractivity contribution is -0.120. The number of nitrogens with two attached hydrogens (primary N) is 1. The highest BCUT2D eigenvalue weighted by molar-refractivity contribution is 6.01. The van der Waals surface area contributed by atoms with E-state index in [1.807, 2.05) is 36.4 Å². The van der Waals surface area contributed by atoms with Crippen LogP contribution in [-0.4, -0.2) is 31.8 Å². The van der Waals surface area contributed by atoms with Crippen LogP contribution in [0.4, 0.5) is 11.4 Å². The molecule has 0 spiro atoms. The molecule has 1 aliphatic rings. The van der Waals surface area contributed by atoms with Gasteiger partial charge in [-0.2, -0.15) is 0 Å². The van der Waals surface area contributed by atoms with E-state index >= 15 is 0 Å². The summed E-state index contributed by atoms with van der Waals surface area (Å²) in [5, 5.41) is 0. The number of ether oxygens (including phenoxy) is 1. The molecule has 2 aromatic rings. The zero-order chi connectivity index (χ0) is 17.8. The summed E-state index contributed by atoms with van der Waals surface area (Å²) in [5.74, 6) is 1.07. The fourth-order valence-electron chi connectivity index (χ4n) is 2.79. The van der Waals surface area contributed by atoms with Crippen molar-refractivity contribution in [3.8, 4) is 5.75 Å². The zero-order valence-corrected chi connectivity index (χ0v) is 14.6. The Bertz CT molecular complexity index is 782. The van der Waals surface area contributed by atoms with Crippen LogP contribution in [0, 0.1) is 0 Å². The minimum atomic E-state index is -0.0931. The first-order valence-corrected chi connectivity index (χ1v) is 8.47. The molecule has 0 fully saturated rings. The van der Waals surface area contributed by atoms with Gasteiger partial charge in [-0.1, -0.05) is 26.0 Å². The van der Waals surface area contributed by atoms with Crippen LogP contribution in [0.25, 0.3) is 0 Å². The molecule has 1 aliphatic heterocycles. The molecule has 2 aromatic carbocycles. The summed E-state index contributed by atoms with van der Waals surface area (Å²) in [5.41, 5.74) is 9.40. The second-order valence-corrected chi connectivity index (χ2v) is 6.41. The molecule has 2 N–H and O–H groups in total. The van der Waals surface area contributed by atoms with Crippen LogP contribution >= 0.6 is 0 Å². The average Bonchev–Trinajstić information content (AvgIpc) is 2.82. The molecular formula is C20H23N3O2. The Balaban J connectivity index is 1.69. The average molecular weight is 337 g/mol. The number of carbonyl (C=O) groups excluding carboxylic acids is 1. The fourth-order valence-corrected chi connectivity index (χ4v) is 2.79. The van der Waals surface area contributed by atoms with Crippen molar-refractivity contribution in [3.05, 3.63) is 53.6 Å². The molecule has 130 valence electrons. The van der Waals surface area contributed by atoms with E-state index in [0.29, 0.717) is 30.4 Å². The maximum absolute atomic E-state index is 12.7. The van der Waals surface area contributed by atoms with Gasteiger partial charge in [0.1, 0.15) is 5.75 Å². The van der Waals surface area contributed by atoms with Crippen molar-refractivity contribution in [2.75, 3.05) is 30.3 Å². The molecular weight excluding hydrogens is 314 g/mol. The Morgan fingerprint density at radius 2 is 2.00 bits per heavy atom. The van der Waals surface area contributed by atoms with E-state index in [-0.39, 0.29) is 12.5 Å². The number of rotatable bonds is 4. The lowest BCUT2D eigenvalue weighted by Gasteiger charge is -2.22. The van der Waals surface area contributed by atoms with Crippen molar-refractivity contribution in [1.82, 2.24) is 0 Å². The van der Waals surface area contributed by atoms with E-state index in [1.54, 1.807) is 17.2 Å². The van der Waals surface area contributed by atoms with E-state index in [4.69, 9.17) is 10.5 Å². The molecule has 0 saturated carbocycles. The molecule has 25 heavy (non-hydrogen) atoms. The van der Waals surface area contributed by atoms with Gasteiger partial charge in [-0.25, -0.2) is 0 Å². The summed E-state index contributed by atoms with van der Waals surface area (Å²) in [6, 6.07) is 13.4. The third-order valence-corrected chi connectivity index (χ3v) is 4.24. The van der Waals surface area contributed by atoms with Crippen molar-refractivity contribution in [2.24, 2.45) is 4.99 Å². The highest BCUT2D eigenvalue weighted by atomic mass is 16.5. The summed E-state index contributed by atoms with van der Waals surface area (Å²) in [7, 11) is 0. The number of amides is 1. The molecule has 0 bridgehead atoms.